The summed E-state index contributed by atoms with van der Waals surface area (Å²) >= 11 is 0. The molecule has 1 aliphatic heterocycles. The number of nitrogens with two attached hydrogens (primary N) is 1. The minimum absolute atomic E-state index is 0.0208. The Bertz CT molecular complexity index is 384. The van der Waals surface area contributed by atoms with E-state index < -0.39 is 18.0 Å². The van der Waals surface area contributed by atoms with Gasteiger partial charge in [-0.1, -0.05) is 13.8 Å². The third-order valence-corrected chi connectivity index (χ3v) is 2.20. The van der Waals surface area contributed by atoms with Gasteiger partial charge < -0.3 is 16.2 Å². The van der Waals surface area contributed by atoms with E-state index in [0.717, 1.165) is 5.57 Å². The topological polar surface area (TPSA) is 122 Å². The Balaban J connectivity index is 0.000000331. The molecular formula is C11H19N3O4. The van der Waals surface area contributed by atoms with E-state index in [2.05, 4.69) is 10.6 Å². The third kappa shape index (κ3) is 4.96. The summed E-state index contributed by atoms with van der Waals surface area (Å²) in [6.45, 7) is 7.08. The van der Waals surface area contributed by atoms with Crippen molar-refractivity contribution in [1.29, 1.82) is 0 Å². The molecule has 7 nitrogen and oxygen atoms in total. The molecule has 0 spiro atoms. The van der Waals surface area contributed by atoms with E-state index in [1.54, 1.807) is 27.7 Å². The molecule has 102 valence electrons. The van der Waals surface area contributed by atoms with Gasteiger partial charge in [-0.05, 0) is 25.3 Å². The van der Waals surface area contributed by atoms with Crippen LogP contribution < -0.4 is 16.4 Å². The molecular weight excluding hydrogens is 238 g/mol. The first kappa shape index (κ1) is 16.1. The van der Waals surface area contributed by atoms with Crippen molar-refractivity contribution >= 4 is 17.9 Å². The highest BCUT2D eigenvalue weighted by molar-refractivity contribution is 6.11. The lowest BCUT2D eigenvalue weighted by Gasteiger charge is -2.07. The number of aliphatic carboxylic acids is 1. The van der Waals surface area contributed by atoms with Crippen LogP contribution >= 0.6 is 0 Å². The van der Waals surface area contributed by atoms with E-state index in [0.29, 0.717) is 5.70 Å². The van der Waals surface area contributed by atoms with Gasteiger partial charge in [-0.15, -0.1) is 0 Å². The maximum atomic E-state index is 10.8. The van der Waals surface area contributed by atoms with Gasteiger partial charge in [0, 0.05) is 0 Å². The number of hydrogen-bond donors (Lipinski definition) is 4. The third-order valence-electron chi connectivity index (χ3n) is 2.20. The molecule has 0 aromatic carbocycles. The molecule has 1 saturated heterocycles. The summed E-state index contributed by atoms with van der Waals surface area (Å²) in [5.74, 6) is -1.25. The Morgan fingerprint density at radius 2 is 1.72 bits per heavy atom. The second kappa shape index (κ2) is 6.75. The number of carbonyl (C=O) groups excluding carboxylic acids is 2. The average molecular weight is 257 g/mol. The Morgan fingerprint density at radius 3 is 1.83 bits per heavy atom. The quantitative estimate of drug-likeness (QED) is 0.415. The smallest absolute Gasteiger partial charge is 0.326 e. The van der Waals surface area contributed by atoms with Crippen LogP contribution in [-0.2, 0) is 9.59 Å². The summed E-state index contributed by atoms with van der Waals surface area (Å²) in [7, 11) is 0. The van der Waals surface area contributed by atoms with Gasteiger partial charge in [0.2, 0.25) is 0 Å². The molecule has 0 radical (unpaired) electrons. The largest absolute Gasteiger partial charge is 0.480 e. The molecule has 0 unspecified atom stereocenters. The van der Waals surface area contributed by atoms with Crippen molar-refractivity contribution in [3.8, 4) is 0 Å². The van der Waals surface area contributed by atoms with Crippen LogP contribution in [0.3, 0.4) is 0 Å². The van der Waals surface area contributed by atoms with Crippen molar-refractivity contribution in [1.82, 2.24) is 10.6 Å². The van der Waals surface area contributed by atoms with Gasteiger partial charge in [-0.25, -0.2) is 4.79 Å². The van der Waals surface area contributed by atoms with Crippen LogP contribution in [-0.4, -0.2) is 29.1 Å². The first-order valence-corrected chi connectivity index (χ1v) is 5.45. The van der Waals surface area contributed by atoms with Crippen molar-refractivity contribution < 1.29 is 19.5 Å². The SMILES string of the molecule is CC(C)=C1NC(=O)NC1=O.CC(C)[C@H](N)C(=O)O. The standard InChI is InChI=1S/C6H8N2O2.C5H11NO2/c1-3(2)4-5(9)8-6(10)7-4;1-3(2)4(6)5(7)8/h1-2H3,(H2,7,8,9,10);3-4H,6H2,1-2H3,(H,7,8)/t;4-/m.0/s1. The zero-order valence-electron chi connectivity index (χ0n) is 10.9. The molecule has 18 heavy (non-hydrogen) atoms. The molecule has 1 rings (SSSR count). The molecule has 1 heterocycles. The van der Waals surface area contributed by atoms with Gasteiger partial charge >= 0.3 is 12.0 Å². The molecule has 0 saturated carbocycles. The minimum atomic E-state index is -0.931. The molecule has 1 atom stereocenters. The maximum absolute atomic E-state index is 10.8. The van der Waals surface area contributed by atoms with Crippen molar-refractivity contribution in [2.24, 2.45) is 11.7 Å². The number of carboxylic acids is 1. The Kier molecular flexibility index (Phi) is 6.04. The summed E-state index contributed by atoms with van der Waals surface area (Å²) in [6, 6.07) is -1.16. The zero-order chi connectivity index (χ0) is 14.5. The van der Waals surface area contributed by atoms with E-state index in [1.807, 2.05) is 0 Å². The lowest BCUT2D eigenvalue weighted by atomic mass is 10.1. The van der Waals surface area contributed by atoms with Crippen LogP contribution in [0.25, 0.3) is 0 Å². The summed E-state index contributed by atoms with van der Waals surface area (Å²) in [5, 5.41) is 12.7. The predicted molar refractivity (Wildman–Crippen MR) is 65.5 cm³/mol. The number of urea groups is 1. The second-order valence-electron chi connectivity index (χ2n) is 4.39. The van der Waals surface area contributed by atoms with Gasteiger partial charge in [0.15, 0.2) is 0 Å². The highest BCUT2D eigenvalue weighted by atomic mass is 16.4. The van der Waals surface area contributed by atoms with E-state index in [9.17, 15) is 14.4 Å². The van der Waals surface area contributed by atoms with E-state index in [-0.39, 0.29) is 11.8 Å². The van der Waals surface area contributed by atoms with Crippen molar-refractivity contribution in [2.75, 3.05) is 0 Å². The molecule has 1 fully saturated rings. The van der Waals surface area contributed by atoms with Crippen LogP contribution in [0.5, 0.6) is 0 Å². The normalized spacial score (nSPS) is 15.6. The molecule has 0 bridgehead atoms. The fourth-order valence-corrected chi connectivity index (χ4v) is 1.00. The predicted octanol–water partition coefficient (Wildman–Crippen LogP) is 0.174. The first-order valence-electron chi connectivity index (χ1n) is 5.45. The van der Waals surface area contributed by atoms with E-state index in [4.69, 9.17) is 10.8 Å². The maximum Gasteiger partial charge on any atom is 0.326 e. The monoisotopic (exact) mass is 257 g/mol. The molecule has 7 heteroatoms. The minimum Gasteiger partial charge on any atom is -0.480 e. The van der Waals surface area contributed by atoms with Crippen LogP contribution in [0.4, 0.5) is 4.79 Å². The average Bonchev–Trinajstić information content (AvgIpc) is 2.57. The van der Waals surface area contributed by atoms with Crippen LogP contribution in [0.2, 0.25) is 0 Å². The number of imide groups is 1. The molecule has 1 aliphatic rings. The highest BCUT2D eigenvalue weighted by Gasteiger charge is 2.23. The van der Waals surface area contributed by atoms with Crippen molar-refractivity contribution in [3.63, 3.8) is 0 Å². The van der Waals surface area contributed by atoms with E-state index >= 15 is 0 Å². The van der Waals surface area contributed by atoms with Gasteiger partial charge in [-0.3, -0.25) is 14.9 Å². The number of hydrogen-bond acceptors (Lipinski definition) is 4. The number of rotatable bonds is 2. The molecule has 3 amide bonds. The number of nitrogens with one attached hydrogen (secondary N) is 2. The Hall–Kier alpha value is -1.89. The summed E-state index contributed by atoms with van der Waals surface area (Å²) in [6.07, 6.45) is 0. The fraction of sp³-hybridized carbons (Fsp3) is 0.545. The lowest BCUT2D eigenvalue weighted by molar-refractivity contribution is -0.139. The fourth-order valence-electron chi connectivity index (χ4n) is 1.00. The van der Waals surface area contributed by atoms with E-state index in [1.165, 1.54) is 0 Å². The van der Waals surface area contributed by atoms with Gasteiger partial charge in [0.05, 0.1) is 0 Å². The van der Waals surface area contributed by atoms with Crippen molar-refractivity contribution in [3.05, 3.63) is 11.3 Å². The first-order chi connectivity index (χ1) is 8.16. The second-order valence-corrected chi connectivity index (χ2v) is 4.39. The summed E-state index contributed by atoms with van der Waals surface area (Å²) in [4.78, 5) is 31.3. The lowest BCUT2D eigenvalue weighted by Crippen LogP contribution is -2.34. The Labute approximate surface area is 105 Å². The summed E-state index contributed by atoms with van der Waals surface area (Å²) in [5.41, 5.74) is 6.33. The highest BCUT2D eigenvalue weighted by Crippen LogP contribution is 2.03. The van der Waals surface area contributed by atoms with Gasteiger partial charge in [-0.2, -0.15) is 0 Å². The number of carboxylic acid groups (broad SMARTS) is 1. The van der Waals surface area contributed by atoms with Crippen LogP contribution in [0, 0.1) is 5.92 Å². The van der Waals surface area contributed by atoms with Crippen LogP contribution in [0.15, 0.2) is 11.3 Å². The van der Waals surface area contributed by atoms with Gasteiger partial charge in [0.1, 0.15) is 11.7 Å². The number of carbonyl (C=O) groups is 3. The molecule has 0 aliphatic carbocycles. The molecule has 5 N–H and O–H groups in total. The van der Waals surface area contributed by atoms with Crippen LogP contribution in [0.1, 0.15) is 27.7 Å². The Morgan fingerprint density at radius 1 is 1.22 bits per heavy atom. The molecule has 0 aromatic heterocycles. The molecule has 0 aromatic rings. The zero-order valence-corrected chi connectivity index (χ0v) is 10.9. The number of amides is 3. The summed E-state index contributed by atoms with van der Waals surface area (Å²) < 4.78 is 0. The number of allylic oxidation sites excluding steroid dienone is 1. The van der Waals surface area contributed by atoms with Crippen molar-refractivity contribution in [2.45, 2.75) is 33.7 Å². The van der Waals surface area contributed by atoms with Gasteiger partial charge in [0.25, 0.3) is 5.91 Å².